The van der Waals surface area contributed by atoms with Gasteiger partial charge in [-0.1, -0.05) is 33.4 Å². The first kappa shape index (κ1) is 18.8. The van der Waals surface area contributed by atoms with Crippen LogP contribution in [-0.2, 0) is 0 Å². The minimum Gasteiger partial charge on any atom is -0.872 e. The summed E-state index contributed by atoms with van der Waals surface area (Å²) in [6.45, 7) is 9.82. The Morgan fingerprint density at radius 2 is 1.50 bits per heavy atom. The number of thiophene rings is 1. The van der Waals surface area contributed by atoms with E-state index in [1.807, 2.05) is 40.0 Å². The van der Waals surface area contributed by atoms with E-state index in [0.717, 1.165) is 5.56 Å². The topological polar surface area (TPSA) is 23.1 Å². The molecular weight excluding hydrogens is 195 g/mol. The predicted octanol–water partition coefficient (Wildman–Crippen LogP) is 0.187. The van der Waals surface area contributed by atoms with Crippen molar-refractivity contribution < 1.29 is 56.5 Å². The zero-order chi connectivity index (χ0) is 9.28. The van der Waals surface area contributed by atoms with Gasteiger partial charge in [-0.3, -0.25) is 0 Å². The summed E-state index contributed by atoms with van der Waals surface area (Å²) in [6, 6.07) is 0. The quantitative estimate of drug-likeness (QED) is 0.563. The number of hydrogen-bond acceptors (Lipinski definition) is 2. The van der Waals surface area contributed by atoms with Crippen LogP contribution >= 0.6 is 11.3 Å². The van der Waals surface area contributed by atoms with E-state index < -0.39 is 0 Å². The molecular formula is C9H17KOS. The average Bonchev–Trinajstić information content (AvgIpc) is 2.44. The second-order valence-corrected chi connectivity index (χ2v) is 2.16. The summed E-state index contributed by atoms with van der Waals surface area (Å²) in [6.07, 6.45) is 0. The molecule has 0 N–H and O–H groups in total. The third-order valence-electron chi connectivity index (χ3n) is 0.809. The average molecular weight is 212 g/mol. The van der Waals surface area contributed by atoms with Crippen molar-refractivity contribution in [2.75, 3.05) is 0 Å². The van der Waals surface area contributed by atoms with Crippen LogP contribution in [0.2, 0.25) is 0 Å². The fourth-order valence-corrected chi connectivity index (χ4v) is 1.05. The van der Waals surface area contributed by atoms with Crippen LogP contribution in [0.1, 0.15) is 33.3 Å². The number of hydrogen-bond donors (Lipinski definition) is 0. The van der Waals surface area contributed by atoms with Gasteiger partial charge in [0.05, 0.1) is 0 Å². The van der Waals surface area contributed by atoms with Crippen molar-refractivity contribution in [1.29, 1.82) is 0 Å². The third kappa shape index (κ3) is 9.23. The summed E-state index contributed by atoms with van der Waals surface area (Å²) in [5, 5.41) is 13.9. The van der Waals surface area contributed by atoms with Crippen LogP contribution in [0.4, 0.5) is 0 Å². The maximum atomic E-state index is 10.4. The van der Waals surface area contributed by atoms with E-state index >= 15 is 0 Å². The van der Waals surface area contributed by atoms with Crippen LogP contribution < -0.4 is 56.5 Å². The van der Waals surface area contributed by atoms with Crippen molar-refractivity contribution in [2.45, 2.75) is 34.6 Å². The molecule has 0 fully saturated rings. The largest absolute Gasteiger partial charge is 1.00 e. The van der Waals surface area contributed by atoms with Crippen molar-refractivity contribution >= 4 is 11.3 Å². The Kier molecular flexibility index (Phi) is 23.0. The fraction of sp³-hybridized carbons (Fsp3) is 0.556. The predicted molar refractivity (Wildman–Crippen MR) is 51.2 cm³/mol. The van der Waals surface area contributed by atoms with E-state index in [4.69, 9.17) is 0 Å². The molecule has 0 unspecified atom stereocenters. The van der Waals surface area contributed by atoms with Crippen LogP contribution in [0, 0.1) is 6.92 Å². The molecule has 1 heterocycles. The molecule has 1 nitrogen and oxygen atoms in total. The van der Waals surface area contributed by atoms with Crippen LogP contribution in [0.25, 0.3) is 0 Å². The maximum absolute atomic E-state index is 10.4. The van der Waals surface area contributed by atoms with Crippen LogP contribution in [0.5, 0.6) is 5.75 Å². The Morgan fingerprint density at radius 1 is 1.08 bits per heavy atom. The van der Waals surface area contributed by atoms with E-state index in [1.165, 1.54) is 11.3 Å². The molecule has 1 aromatic heterocycles. The molecule has 0 spiro atoms. The Labute approximate surface area is 123 Å². The van der Waals surface area contributed by atoms with E-state index in [1.54, 1.807) is 5.38 Å². The first-order chi connectivity index (χ1) is 5.30. The molecule has 0 aromatic carbocycles. The minimum absolute atomic E-state index is 0. The van der Waals surface area contributed by atoms with Gasteiger partial charge in [-0.2, -0.15) is 11.3 Å². The number of aryl methyl sites for hydroxylation is 1. The van der Waals surface area contributed by atoms with Gasteiger partial charge in [0.15, 0.2) is 0 Å². The van der Waals surface area contributed by atoms with Gasteiger partial charge >= 0.3 is 51.4 Å². The van der Waals surface area contributed by atoms with Crippen LogP contribution in [0.15, 0.2) is 10.8 Å². The summed E-state index contributed by atoms with van der Waals surface area (Å²) < 4.78 is 0. The monoisotopic (exact) mass is 212 g/mol. The molecule has 0 radical (unpaired) electrons. The van der Waals surface area contributed by atoms with Crippen molar-refractivity contribution in [3.05, 3.63) is 16.3 Å². The molecule has 0 amide bonds. The van der Waals surface area contributed by atoms with Gasteiger partial charge in [0.2, 0.25) is 0 Å². The normalized spacial score (nSPS) is 6.42. The summed E-state index contributed by atoms with van der Waals surface area (Å²) in [5.74, 6) is 0.157. The molecule has 0 aliphatic rings. The van der Waals surface area contributed by atoms with Gasteiger partial charge < -0.3 is 5.11 Å². The first-order valence-electron chi connectivity index (χ1n) is 4.00. The van der Waals surface area contributed by atoms with Crippen molar-refractivity contribution in [2.24, 2.45) is 0 Å². The summed E-state index contributed by atoms with van der Waals surface area (Å²) in [4.78, 5) is 0. The zero-order valence-electron chi connectivity index (χ0n) is 8.97. The van der Waals surface area contributed by atoms with Crippen molar-refractivity contribution in [1.82, 2.24) is 0 Å². The Morgan fingerprint density at radius 3 is 1.58 bits per heavy atom. The van der Waals surface area contributed by atoms with Crippen LogP contribution in [0.3, 0.4) is 0 Å². The smallest absolute Gasteiger partial charge is 0.872 e. The molecule has 0 atom stereocenters. The molecule has 1 aromatic rings. The molecule has 0 saturated carbocycles. The second kappa shape index (κ2) is 14.6. The molecule has 0 saturated heterocycles. The molecule has 1 rings (SSSR count). The van der Waals surface area contributed by atoms with Crippen molar-refractivity contribution in [3.63, 3.8) is 0 Å². The van der Waals surface area contributed by atoms with Gasteiger partial charge in [0.1, 0.15) is 0 Å². The molecule has 0 aliphatic carbocycles. The van der Waals surface area contributed by atoms with E-state index in [0.29, 0.717) is 0 Å². The third-order valence-corrected chi connectivity index (χ3v) is 1.65. The second-order valence-electron chi connectivity index (χ2n) is 1.42. The molecule has 66 valence electrons. The first-order valence-corrected chi connectivity index (χ1v) is 4.95. The fourth-order valence-electron chi connectivity index (χ4n) is 0.349. The molecule has 12 heavy (non-hydrogen) atoms. The van der Waals surface area contributed by atoms with E-state index in [-0.39, 0.29) is 57.1 Å². The van der Waals surface area contributed by atoms with E-state index in [9.17, 15) is 5.11 Å². The Balaban J connectivity index is -0.000000144. The molecule has 0 bridgehead atoms. The number of rotatable bonds is 0. The van der Waals surface area contributed by atoms with Crippen LogP contribution in [-0.4, -0.2) is 0 Å². The van der Waals surface area contributed by atoms with Gasteiger partial charge in [0.25, 0.3) is 0 Å². The van der Waals surface area contributed by atoms with Gasteiger partial charge in [-0.25, -0.2) is 0 Å². The Bertz CT molecular complexity index is 147. The summed E-state index contributed by atoms with van der Waals surface area (Å²) in [7, 11) is 0. The standard InChI is InChI=1S/C5H6OS.2C2H6.K/c1-4-2-7-3-5(4)6;2*1-2;/h2-3,6H,1H3;2*1-2H3;/q;;;+1/p-1. The summed E-state index contributed by atoms with van der Waals surface area (Å²) >= 11 is 1.45. The Hall–Kier alpha value is 1.14. The van der Waals surface area contributed by atoms with E-state index in [2.05, 4.69) is 0 Å². The summed E-state index contributed by atoms with van der Waals surface area (Å²) in [5.41, 5.74) is 0.852. The maximum Gasteiger partial charge on any atom is 1.00 e. The van der Waals surface area contributed by atoms with Gasteiger partial charge in [-0.05, 0) is 23.2 Å². The molecule has 0 aliphatic heterocycles. The SMILES string of the molecule is CC.CC.Cc1cscc1[O-].[K+]. The van der Waals surface area contributed by atoms with Gasteiger partial charge in [0, 0.05) is 0 Å². The zero-order valence-corrected chi connectivity index (χ0v) is 12.9. The van der Waals surface area contributed by atoms with Crippen molar-refractivity contribution in [3.8, 4) is 5.75 Å². The molecule has 3 heteroatoms. The minimum atomic E-state index is 0. The van der Waals surface area contributed by atoms with Gasteiger partial charge in [-0.15, -0.1) is 0 Å².